The number of hydrogen-bond donors (Lipinski definition) is 4. The molecule has 0 atom stereocenters. The Morgan fingerprint density at radius 2 is 1.07 bits per heavy atom. The van der Waals surface area contributed by atoms with E-state index in [0.29, 0.717) is 22.7 Å². The van der Waals surface area contributed by atoms with Crippen LogP contribution in [0.1, 0.15) is 16.7 Å². The van der Waals surface area contributed by atoms with Gasteiger partial charge >= 0.3 is 12.1 Å². The Morgan fingerprint density at radius 1 is 0.586 bits per heavy atom. The fourth-order valence-electron chi connectivity index (χ4n) is 2.77. The highest BCUT2D eigenvalue weighted by atomic mass is 16.2. The van der Waals surface area contributed by atoms with Gasteiger partial charge in [-0.1, -0.05) is 47.5 Å². The molecule has 0 heterocycles. The highest BCUT2D eigenvalue weighted by Gasteiger charge is 2.12. The van der Waals surface area contributed by atoms with Gasteiger partial charge < -0.3 is 21.3 Å². The van der Waals surface area contributed by atoms with Crippen molar-refractivity contribution in [1.82, 2.24) is 0 Å². The van der Waals surface area contributed by atoms with Crippen molar-refractivity contribution in [2.45, 2.75) is 20.8 Å². The molecule has 29 heavy (non-hydrogen) atoms. The van der Waals surface area contributed by atoms with Crippen molar-refractivity contribution in [3.63, 3.8) is 0 Å². The first-order valence-corrected chi connectivity index (χ1v) is 9.29. The van der Waals surface area contributed by atoms with Gasteiger partial charge in [0.2, 0.25) is 0 Å². The highest BCUT2D eigenvalue weighted by Crippen LogP contribution is 2.26. The number of urea groups is 2. The maximum absolute atomic E-state index is 12.4. The maximum Gasteiger partial charge on any atom is 0.323 e. The van der Waals surface area contributed by atoms with Crippen molar-refractivity contribution in [3.05, 3.63) is 83.4 Å². The summed E-state index contributed by atoms with van der Waals surface area (Å²) in [6.07, 6.45) is 0. The third-order valence-corrected chi connectivity index (χ3v) is 4.38. The average Bonchev–Trinajstić information content (AvgIpc) is 2.68. The molecule has 0 saturated heterocycles. The van der Waals surface area contributed by atoms with E-state index in [1.807, 2.05) is 81.4 Å². The average molecular weight is 388 g/mol. The Morgan fingerprint density at radius 3 is 1.59 bits per heavy atom. The minimum atomic E-state index is -0.388. The summed E-state index contributed by atoms with van der Waals surface area (Å²) >= 11 is 0. The van der Waals surface area contributed by atoms with E-state index in [1.54, 1.807) is 6.07 Å². The molecule has 0 spiro atoms. The van der Waals surface area contributed by atoms with Crippen LogP contribution in [-0.2, 0) is 0 Å². The molecule has 3 aromatic carbocycles. The zero-order chi connectivity index (χ0) is 20.8. The Balaban J connectivity index is 1.69. The van der Waals surface area contributed by atoms with Gasteiger partial charge in [0, 0.05) is 11.4 Å². The van der Waals surface area contributed by atoms with Gasteiger partial charge in [0.1, 0.15) is 0 Å². The summed E-state index contributed by atoms with van der Waals surface area (Å²) < 4.78 is 0. The Bertz CT molecular complexity index is 1010. The molecule has 6 heteroatoms. The van der Waals surface area contributed by atoms with Crippen LogP contribution in [0.3, 0.4) is 0 Å². The first-order valence-electron chi connectivity index (χ1n) is 9.29. The van der Waals surface area contributed by atoms with E-state index in [4.69, 9.17) is 0 Å². The first-order chi connectivity index (χ1) is 13.9. The summed E-state index contributed by atoms with van der Waals surface area (Å²) in [5, 5.41) is 11.2. The van der Waals surface area contributed by atoms with E-state index < -0.39 is 0 Å². The molecular weight excluding hydrogens is 364 g/mol. The molecule has 0 saturated carbocycles. The summed E-state index contributed by atoms with van der Waals surface area (Å²) in [4.78, 5) is 24.8. The van der Waals surface area contributed by atoms with Gasteiger partial charge in [0.25, 0.3) is 0 Å². The lowest BCUT2D eigenvalue weighted by molar-refractivity contribution is 0.261. The number of benzene rings is 3. The molecule has 0 aliphatic carbocycles. The molecule has 0 aliphatic rings. The summed E-state index contributed by atoms with van der Waals surface area (Å²) in [5.41, 5.74) is 5.48. The van der Waals surface area contributed by atoms with Crippen molar-refractivity contribution in [1.29, 1.82) is 0 Å². The minimum Gasteiger partial charge on any atom is -0.308 e. The quantitative estimate of drug-likeness (QED) is 0.449. The van der Waals surface area contributed by atoms with Crippen LogP contribution in [0.2, 0.25) is 0 Å². The summed E-state index contributed by atoms with van der Waals surface area (Å²) in [6, 6.07) is 19.7. The largest absolute Gasteiger partial charge is 0.323 e. The van der Waals surface area contributed by atoms with Crippen LogP contribution in [0.15, 0.2) is 66.7 Å². The van der Waals surface area contributed by atoms with Crippen LogP contribution < -0.4 is 21.3 Å². The fourth-order valence-corrected chi connectivity index (χ4v) is 2.77. The van der Waals surface area contributed by atoms with Gasteiger partial charge in [-0.25, -0.2) is 9.59 Å². The SMILES string of the molecule is Cc1ccc(NC(=O)Nc2cccc(C)c2NC(=O)Nc2ccc(C)cc2)cc1. The van der Waals surface area contributed by atoms with Crippen LogP contribution in [0.4, 0.5) is 32.3 Å². The van der Waals surface area contributed by atoms with Crippen molar-refractivity contribution in [3.8, 4) is 0 Å². The van der Waals surface area contributed by atoms with Gasteiger partial charge in [-0.3, -0.25) is 0 Å². The topological polar surface area (TPSA) is 82.3 Å². The number of anilines is 4. The lowest BCUT2D eigenvalue weighted by atomic mass is 10.1. The second-order valence-electron chi connectivity index (χ2n) is 6.89. The van der Waals surface area contributed by atoms with Crippen LogP contribution in [0, 0.1) is 20.8 Å². The number of rotatable bonds is 4. The second-order valence-corrected chi connectivity index (χ2v) is 6.89. The standard InChI is InChI=1S/C23H24N4O2/c1-15-7-11-18(12-8-15)24-22(28)26-20-6-4-5-17(3)21(20)27-23(29)25-19-13-9-16(2)10-14-19/h4-14H,1-3H3,(H2,24,26,28)(H2,25,27,29). The molecule has 148 valence electrons. The summed E-state index contributed by atoms with van der Waals surface area (Å²) in [6.45, 7) is 5.83. The predicted molar refractivity (Wildman–Crippen MR) is 119 cm³/mol. The number of carbonyl (C=O) groups excluding carboxylic acids is 2. The molecule has 0 bridgehead atoms. The number of amides is 4. The van der Waals surface area contributed by atoms with Crippen molar-refractivity contribution in [2.24, 2.45) is 0 Å². The van der Waals surface area contributed by atoms with E-state index in [0.717, 1.165) is 16.7 Å². The Labute approximate surface area is 170 Å². The van der Waals surface area contributed by atoms with E-state index >= 15 is 0 Å². The van der Waals surface area contributed by atoms with Crippen molar-refractivity contribution < 1.29 is 9.59 Å². The zero-order valence-corrected chi connectivity index (χ0v) is 16.7. The van der Waals surface area contributed by atoms with Gasteiger partial charge in [-0.15, -0.1) is 0 Å². The van der Waals surface area contributed by atoms with Crippen molar-refractivity contribution >= 4 is 34.8 Å². The summed E-state index contributed by atoms with van der Waals surface area (Å²) in [5.74, 6) is 0. The minimum absolute atomic E-state index is 0.384. The molecule has 4 amide bonds. The third-order valence-electron chi connectivity index (χ3n) is 4.38. The number of nitrogens with one attached hydrogen (secondary N) is 4. The highest BCUT2D eigenvalue weighted by molar-refractivity contribution is 6.06. The predicted octanol–water partition coefficient (Wildman–Crippen LogP) is 5.90. The normalized spacial score (nSPS) is 10.2. The molecule has 0 aliphatic heterocycles. The molecule has 3 rings (SSSR count). The van der Waals surface area contributed by atoms with E-state index in [-0.39, 0.29) is 12.1 Å². The Kier molecular flexibility index (Phi) is 6.14. The molecule has 0 radical (unpaired) electrons. The summed E-state index contributed by atoms with van der Waals surface area (Å²) in [7, 11) is 0. The van der Waals surface area contributed by atoms with Crippen LogP contribution in [0.5, 0.6) is 0 Å². The molecule has 0 aromatic heterocycles. The van der Waals surface area contributed by atoms with Gasteiger partial charge in [0.15, 0.2) is 0 Å². The van der Waals surface area contributed by atoms with Crippen molar-refractivity contribution in [2.75, 3.05) is 21.3 Å². The van der Waals surface area contributed by atoms with Gasteiger partial charge in [0.05, 0.1) is 11.4 Å². The van der Waals surface area contributed by atoms with Crippen LogP contribution in [0.25, 0.3) is 0 Å². The molecule has 0 unspecified atom stereocenters. The van der Waals surface area contributed by atoms with Gasteiger partial charge in [-0.05, 0) is 56.7 Å². The number of carbonyl (C=O) groups is 2. The molecule has 4 N–H and O–H groups in total. The van der Waals surface area contributed by atoms with Crippen LogP contribution in [-0.4, -0.2) is 12.1 Å². The lowest BCUT2D eigenvalue weighted by Gasteiger charge is -2.16. The first kappa shape index (κ1) is 19.9. The maximum atomic E-state index is 12.4. The second kappa shape index (κ2) is 8.93. The lowest BCUT2D eigenvalue weighted by Crippen LogP contribution is -2.23. The monoisotopic (exact) mass is 388 g/mol. The van der Waals surface area contributed by atoms with E-state index in [9.17, 15) is 9.59 Å². The molecular formula is C23H24N4O2. The third kappa shape index (κ3) is 5.59. The van der Waals surface area contributed by atoms with Crippen LogP contribution >= 0.6 is 0 Å². The zero-order valence-electron chi connectivity index (χ0n) is 16.7. The number of hydrogen-bond acceptors (Lipinski definition) is 2. The number of aryl methyl sites for hydroxylation is 3. The molecule has 6 nitrogen and oxygen atoms in total. The number of para-hydroxylation sites is 1. The van der Waals surface area contributed by atoms with E-state index in [2.05, 4.69) is 21.3 Å². The molecule has 0 fully saturated rings. The van der Waals surface area contributed by atoms with Gasteiger partial charge in [-0.2, -0.15) is 0 Å². The Hall–Kier alpha value is -3.80. The molecule has 3 aromatic rings. The fraction of sp³-hybridized carbons (Fsp3) is 0.130. The van der Waals surface area contributed by atoms with E-state index in [1.165, 1.54) is 0 Å². The smallest absolute Gasteiger partial charge is 0.308 e.